The van der Waals surface area contributed by atoms with E-state index in [9.17, 15) is 0 Å². The van der Waals surface area contributed by atoms with Gasteiger partial charge in [0.15, 0.2) is 23.3 Å². The van der Waals surface area contributed by atoms with E-state index in [1.54, 1.807) is 0 Å². The summed E-state index contributed by atoms with van der Waals surface area (Å²) in [5.74, 6) is 3.44. The summed E-state index contributed by atoms with van der Waals surface area (Å²) < 4.78 is 0. The number of rotatable bonds is 10. The summed E-state index contributed by atoms with van der Waals surface area (Å²) in [6, 6.07) is 84.2. The number of amidine groups is 2. The SMILES string of the molecule is CN1C(c2cccc(-c3cccc(-c4cccc(-c5nc(-c6ccccc6)nc(-c6ccc(-c7ccc(-c8ccccc8)cc7)cc6)n5)c4)c3)c2)=NC(c2ccccc2)=NC1c1ccccc1. The number of aliphatic imine (C=N–C) groups is 2. The first-order valence-electron chi connectivity index (χ1n) is 22.5. The molecule has 318 valence electrons. The van der Waals surface area contributed by atoms with Crippen LogP contribution in [0.5, 0.6) is 0 Å². The molecule has 6 nitrogen and oxygen atoms in total. The van der Waals surface area contributed by atoms with Crippen LogP contribution in [0.1, 0.15) is 22.9 Å². The van der Waals surface area contributed by atoms with Crippen molar-refractivity contribution < 1.29 is 0 Å². The van der Waals surface area contributed by atoms with Gasteiger partial charge in [-0.05, 0) is 68.3 Å². The van der Waals surface area contributed by atoms with Crippen LogP contribution in [0.2, 0.25) is 0 Å². The highest BCUT2D eigenvalue weighted by Gasteiger charge is 2.27. The maximum Gasteiger partial charge on any atom is 0.164 e. The number of hydrogen-bond acceptors (Lipinski definition) is 6. The summed E-state index contributed by atoms with van der Waals surface area (Å²) in [6.45, 7) is 0. The van der Waals surface area contributed by atoms with E-state index in [2.05, 4.69) is 194 Å². The van der Waals surface area contributed by atoms with Crippen molar-refractivity contribution in [2.24, 2.45) is 9.98 Å². The lowest BCUT2D eigenvalue weighted by atomic mass is 9.96. The first kappa shape index (κ1) is 40.9. The lowest BCUT2D eigenvalue weighted by Gasteiger charge is -2.32. The van der Waals surface area contributed by atoms with Crippen molar-refractivity contribution in [3.63, 3.8) is 0 Å². The molecule has 1 atom stereocenters. The summed E-state index contributed by atoms with van der Waals surface area (Å²) in [6.07, 6.45) is -0.220. The molecule has 1 aliphatic rings. The van der Waals surface area contributed by atoms with Gasteiger partial charge in [-0.3, -0.25) is 0 Å². The summed E-state index contributed by atoms with van der Waals surface area (Å²) in [5, 5.41) is 0. The van der Waals surface area contributed by atoms with E-state index in [0.717, 1.165) is 78.4 Å². The Morgan fingerprint density at radius 2 is 0.627 bits per heavy atom. The zero-order valence-corrected chi connectivity index (χ0v) is 36.9. The van der Waals surface area contributed by atoms with E-state index in [4.69, 9.17) is 24.9 Å². The second-order valence-corrected chi connectivity index (χ2v) is 16.6. The molecule has 0 bridgehead atoms. The molecular formula is C61H44N6. The van der Waals surface area contributed by atoms with Crippen molar-refractivity contribution in [3.8, 4) is 78.7 Å². The molecule has 11 rings (SSSR count). The normalized spacial score (nSPS) is 13.4. The molecule has 1 aromatic heterocycles. The fourth-order valence-electron chi connectivity index (χ4n) is 8.65. The monoisotopic (exact) mass is 860 g/mol. The fraction of sp³-hybridized carbons (Fsp3) is 0.0328. The molecule has 10 aromatic rings. The minimum atomic E-state index is -0.220. The lowest BCUT2D eigenvalue weighted by Crippen LogP contribution is -2.35. The molecule has 9 aromatic carbocycles. The standard InChI is InChI=1S/C61H44N6/c1-67-60(49-23-12-5-13-24-49)65-58(47-21-10-4-11-22-47)66-61(67)55-30-16-28-53(41-55)51-26-14-25-50(39-51)52-27-15-29-54(40-52)59-63-56(46-19-8-3-9-20-46)62-57(64-59)48-37-35-45(36-38-48)44-33-31-43(32-34-44)42-17-6-2-7-18-42/h2-41,60H,1H3. The Hall–Kier alpha value is -8.87. The van der Waals surface area contributed by atoms with Gasteiger partial charge in [0.05, 0.1) is 0 Å². The minimum Gasteiger partial charge on any atom is -0.333 e. The molecule has 0 amide bonds. The van der Waals surface area contributed by atoms with E-state index >= 15 is 0 Å². The lowest BCUT2D eigenvalue weighted by molar-refractivity contribution is 0.383. The first-order valence-corrected chi connectivity index (χ1v) is 22.5. The number of aromatic nitrogens is 3. The molecule has 0 radical (unpaired) electrons. The Labute approximate surface area is 391 Å². The Kier molecular flexibility index (Phi) is 11.2. The maximum absolute atomic E-state index is 5.17. The maximum atomic E-state index is 5.17. The predicted octanol–water partition coefficient (Wildman–Crippen LogP) is 14.4. The average Bonchev–Trinajstić information content (AvgIpc) is 3.42. The third-order valence-electron chi connectivity index (χ3n) is 12.2. The third kappa shape index (κ3) is 8.72. The quantitative estimate of drug-likeness (QED) is 0.137. The highest BCUT2D eigenvalue weighted by Crippen LogP contribution is 2.34. The van der Waals surface area contributed by atoms with Crippen LogP contribution >= 0.6 is 0 Å². The van der Waals surface area contributed by atoms with Gasteiger partial charge in [0.25, 0.3) is 0 Å². The molecule has 1 unspecified atom stereocenters. The zero-order chi connectivity index (χ0) is 44.9. The molecule has 0 saturated carbocycles. The highest BCUT2D eigenvalue weighted by molar-refractivity contribution is 6.13. The minimum absolute atomic E-state index is 0.220. The molecule has 0 aliphatic carbocycles. The molecule has 6 heteroatoms. The molecule has 0 spiro atoms. The smallest absolute Gasteiger partial charge is 0.164 e. The Bertz CT molecular complexity index is 3390. The summed E-state index contributed by atoms with van der Waals surface area (Å²) in [4.78, 5) is 27.7. The van der Waals surface area contributed by atoms with Gasteiger partial charge in [0.2, 0.25) is 0 Å². The molecule has 67 heavy (non-hydrogen) atoms. The Morgan fingerprint density at radius 1 is 0.299 bits per heavy atom. The van der Waals surface area contributed by atoms with Crippen LogP contribution in [-0.2, 0) is 0 Å². The zero-order valence-electron chi connectivity index (χ0n) is 36.9. The van der Waals surface area contributed by atoms with E-state index in [1.165, 1.54) is 11.1 Å². The van der Waals surface area contributed by atoms with Crippen LogP contribution in [0, 0.1) is 0 Å². The van der Waals surface area contributed by atoms with Crippen LogP contribution < -0.4 is 0 Å². The third-order valence-corrected chi connectivity index (χ3v) is 12.2. The van der Waals surface area contributed by atoms with Gasteiger partial charge in [-0.25, -0.2) is 24.9 Å². The van der Waals surface area contributed by atoms with Gasteiger partial charge in [0, 0.05) is 34.9 Å². The van der Waals surface area contributed by atoms with Crippen LogP contribution in [0.3, 0.4) is 0 Å². The first-order chi connectivity index (χ1) is 33.1. The molecule has 0 N–H and O–H groups in total. The topological polar surface area (TPSA) is 66.6 Å². The van der Waals surface area contributed by atoms with E-state index in [1.807, 2.05) is 60.7 Å². The number of benzene rings is 9. The predicted molar refractivity (Wildman–Crippen MR) is 274 cm³/mol. The van der Waals surface area contributed by atoms with Crippen LogP contribution in [0.25, 0.3) is 78.7 Å². The summed E-state index contributed by atoms with van der Waals surface area (Å²) in [7, 11) is 2.07. The van der Waals surface area contributed by atoms with Gasteiger partial charge in [-0.15, -0.1) is 0 Å². The largest absolute Gasteiger partial charge is 0.333 e. The van der Waals surface area contributed by atoms with Crippen molar-refractivity contribution in [1.29, 1.82) is 0 Å². The summed E-state index contributed by atoms with van der Waals surface area (Å²) >= 11 is 0. The highest BCUT2D eigenvalue weighted by atomic mass is 15.3. The van der Waals surface area contributed by atoms with E-state index in [0.29, 0.717) is 17.5 Å². The molecule has 0 saturated heterocycles. The van der Waals surface area contributed by atoms with Gasteiger partial charge in [-0.2, -0.15) is 0 Å². The fourth-order valence-corrected chi connectivity index (χ4v) is 8.65. The van der Waals surface area contributed by atoms with Crippen molar-refractivity contribution in [2.75, 3.05) is 7.05 Å². The molecule has 0 fully saturated rings. The van der Waals surface area contributed by atoms with Crippen LogP contribution in [-0.4, -0.2) is 38.6 Å². The van der Waals surface area contributed by atoms with Crippen molar-refractivity contribution >= 4 is 11.7 Å². The van der Waals surface area contributed by atoms with Crippen LogP contribution in [0.4, 0.5) is 0 Å². The number of hydrogen-bond donors (Lipinski definition) is 0. The van der Waals surface area contributed by atoms with Gasteiger partial charge in [0.1, 0.15) is 12.0 Å². The van der Waals surface area contributed by atoms with Gasteiger partial charge < -0.3 is 4.90 Å². The molecular weight excluding hydrogens is 817 g/mol. The van der Waals surface area contributed by atoms with Crippen LogP contribution in [0.15, 0.2) is 253 Å². The Balaban J connectivity index is 0.902. The van der Waals surface area contributed by atoms with E-state index in [-0.39, 0.29) is 6.17 Å². The Morgan fingerprint density at radius 3 is 1.13 bits per heavy atom. The average molecular weight is 861 g/mol. The van der Waals surface area contributed by atoms with E-state index < -0.39 is 0 Å². The van der Waals surface area contributed by atoms with Crippen molar-refractivity contribution in [2.45, 2.75) is 6.17 Å². The van der Waals surface area contributed by atoms with Gasteiger partial charge in [-0.1, -0.05) is 224 Å². The van der Waals surface area contributed by atoms with Crippen molar-refractivity contribution in [3.05, 3.63) is 259 Å². The second-order valence-electron chi connectivity index (χ2n) is 16.6. The molecule has 1 aliphatic heterocycles. The molecule has 2 heterocycles. The second kappa shape index (κ2) is 18.3. The van der Waals surface area contributed by atoms with Gasteiger partial charge >= 0.3 is 0 Å². The number of nitrogens with zero attached hydrogens (tertiary/aromatic N) is 6. The van der Waals surface area contributed by atoms with Crippen molar-refractivity contribution in [1.82, 2.24) is 19.9 Å². The summed E-state index contributed by atoms with van der Waals surface area (Å²) in [5.41, 5.74) is 14.9.